The van der Waals surface area contributed by atoms with Crippen molar-refractivity contribution in [2.75, 3.05) is 5.75 Å². The summed E-state index contributed by atoms with van der Waals surface area (Å²) in [6, 6.07) is -0.964. The van der Waals surface area contributed by atoms with Crippen molar-refractivity contribution < 1.29 is 22.9 Å². The van der Waals surface area contributed by atoms with E-state index in [1.54, 1.807) is 0 Å². The number of aliphatic hydroxyl groups is 1. The average Bonchev–Trinajstić information content (AvgIpc) is 3.09. The third-order valence-electron chi connectivity index (χ3n) is 10.8. The van der Waals surface area contributed by atoms with Crippen LogP contribution >= 0.6 is 0 Å². The van der Waals surface area contributed by atoms with Crippen LogP contribution < -0.4 is 5.32 Å². The van der Waals surface area contributed by atoms with Crippen LogP contribution in [0.15, 0.2) is 0 Å². The normalized spacial score (nSPS) is 13.1. The molecule has 0 saturated carbocycles. The van der Waals surface area contributed by atoms with Crippen LogP contribution in [0.3, 0.4) is 0 Å². The second-order valence-electron chi connectivity index (χ2n) is 16.0. The number of carbonyl (C=O) groups excluding carboxylic acids is 1. The van der Waals surface area contributed by atoms with E-state index in [-0.39, 0.29) is 5.91 Å². The summed E-state index contributed by atoms with van der Waals surface area (Å²) in [5, 5.41) is 13.4. The molecule has 0 saturated heterocycles. The van der Waals surface area contributed by atoms with Gasteiger partial charge in [-0.25, -0.2) is 0 Å². The van der Waals surface area contributed by atoms with Crippen LogP contribution in [-0.4, -0.2) is 41.9 Å². The summed E-state index contributed by atoms with van der Waals surface area (Å²) in [5.74, 6) is -0.880. The standard InChI is InChI=1S/C44H89NO5S/c1-3-5-7-9-11-13-15-17-18-19-20-21-22-23-24-25-26-28-30-32-34-36-38-40-44(47)45-42(41-51(48,49)50)43(46)39-37-35-33-31-29-27-16-14-12-10-8-6-4-2/h42-43,46H,3-41H2,1-2H3,(H,45,47)(H,48,49,50). The zero-order valence-electron chi connectivity index (χ0n) is 34.3. The Morgan fingerprint density at radius 1 is 0.451 bits per heavy atom. The largest absolute Gasteiger partial charge is 0.391 e. The molecule has 2 atom stereocenters. The Morgan fingerprint density at radius 3 is 0.980 bits per heavy atom. The number of hydrogen-bond acceptors (Lipinski definition) is 4. The van der Waals surface area contributed by atoms with E-state index in [1.807, 2.05) is 0 Å². The smallest absolute Gasteiger partial charge is 0.266 e. The first-order valence-corrected chi connectivity index (χ1v) is 24.3. The van der Waals surface area contributed by atoms with Crippen molar-refractivity contribution in [2.45, 2.75) is 270 Å². The first kappa shape index (κ1) is 50.3. The molecule has 6 nitrogen and oxygen atoms in total. The predicted octanol–water partition coefficient (Wildman–Crippen LogP) is 13.6. The van der Waals surface area contributed by atoms with Crippen LogP contribution in [0.4, 0.5) is 0 Å². The number of aliphatic hydroxyl groups excluding tert-OH is 1. The van der Waals surface area contributed by atoms with Crippen molar-refractivity contribution in [3.8, 4) is 0 Å². The molecular formula is C44H89NO5S. The zero-order chi connectivity index (χ0) is 37.5. The minimum absolute atomic E-state index is 0.239. The average molecular weight is 744 g/mol. The Hall–Kier alpha value is -0.660. The lowest BCUT2D eigenvalue weighted by Gasteiger charge is -2.23. The van der Waals surface area contributed by atoms with Gasteiger partial charge in [0.1, 0.15) is 0 Å². The van der Waals surface area contributed by atoms with Crippen molar-refractivity contribution in [2.24, 2.45) is 0 Å². The van der Waals surface area contributed by atoms with Crippen molar-refractivity contribution in [1.82, 2.24) is 5.32 Å². The van der Waals surface area contributed by atoms with Crippen molar-refractivity contribution in [3.05, 3.63) is 0 Å². The first-order chi connectivity index (χ1) is 24.8. The molecular weight excluding hydrogens is 655 g/mol. The van der Waals surface area contributed by atoms with Gasteiger partial charge in [0.15, 0.2) is 0 Å². The summed E-state index contributed by atoms with van der Waals surface area (Å²) in [5.41, 5.74) is 0. The lowest BCUT2D eigenvalue weighted by Crippen LogP contribution is -2.47. The lowest BCUT2D eigenvalue weighted by molar-refractivity contribution is -0.122. The number of hydrogen-bond donors (Lipinski definition) is 3. The minimum Gasteiger partial charge on any atom is -0.391 e. The first-order valence-electron chi connectivity index (χ1n) is 22.7. The molecule has 2 unspecified atom stereocenters. The third kappa shape index (κ3) is 40.4. The van der Waals surface area contributed by atoms with Gasteiger partial charge in [-0.3, -0.25) is 9.35 Å². The fourth-order valence-electron chi connectivity index (χ4n) is 7.40. The molecule has 0 fully saturated rings. The lowest BCUT2D eigenvalue weighted by atomic mass is 10.0. The molecule has 0 aliphatic rings. The Balaban J connectivity index is 3.71. The Bertz CT molecular complexity index is 820. The second-order valence-corrected chi connectivity index (χ2v) is 17.5. The summed E-state index contributed by atoms with van der Waals surface area (Å²) >= 11 is 0. The van der Waals surface area contributed by atoms with Crippen LogP contribution in [-0.2, 0) is 14.9 Å². The summed E-state index contributed by atoms with van der Waals surface area (Å²) in [6.07, 6.45) is 46.4. The van der Waals surface area contributed by atoms with Crippen LogP contribution in [0.2, 0.25) is 0 Å². The maximum Gasteiger partial charge on any atom is 0.266 e. The molecule has 0 aromatic carbocycles. The van der Waals surface area contributed by atoms with Gasteiger partial charge in [-0.2, -0.15) is 8.42 Å². The van der Waals surface area contributed by atoms with Crippen LogP contribution in [0.5, 0.6) is 0 Å². The summed E-state index contributed by atoms with van der Waals surface area (Å²) in [7, 11) is -4.30. The molecule has 51 heavy (non-hydrogen) atoms. The van der Waals surface area contributed by atoms with Gasteiger partial charge < -0.3 is 10.4 Å². The highest BCUT2D eigenvalue weighted by molar-refractivity contribution is 7.85. The summed E-state index contributed by atoms with van der Waals surface area (Å²) in [4.78, 5) is 12.6. The summed E-state index contributed by atoms with van der Waals surface area (Å²) in [6.45, 7) is 4.54. The monoisotopic (exact) mass is 744 g/mol. The van der Waals surface area contributed by atoms with Crippen molar-refractivity contribution in [3.63, 3.8) is 0 Å². The fraction of sp³-hybridized carbons (Fsp3) is 0.977. The van der Waals surface area contributed by atoms with E-state index in [9.17, 15) is 22.9 Å². The van der Waals surface area contributed by atoms with Gasteiger partial charge in [-0.05, 0) is 12.8 Å². The van der Waals surface area contributed by atoms with Crippen LogP contribution in [0, 0.1) is 0 Å². The Morgan fingerprint density at radius 2 is 0.706 bits per heavy atom. The number of nitrogens with one attached hydrogen (secondary N) is 1. The fourth-order valence-corrected chi connectivity index (χ4v) is 8.16. The minimum atomic E-state index is -4.30. The quantitative estimate of drug-likeness (QED) is 0.0426. The van der Waals surface area contributed by atoms with E-state index in [0.717, 1.165) is 38.5 Å². The Kier molecular flexibility index (Phi) is 38.5. The van der Waals surface area contributed by atoms with Gasteiger partial charge in [-0.1, -0.05) is 239 Å². The highest BCUT2D eigenvalue weighted by Crippen LogP contribution is 2.17. The molecule has 0 rings (SSSR count). The molecule has 0 aromatic heterocycles. The van der Waals surface area contributed by atoms with Gasteiger partial charge in [0.25, 0.3) is 10.1 Å². The Labute approximate surface area is 319 Å². The number of unbranched alkanes of at least 4 members (excludes halogenated alkanes) is 34. The van der Waals surface area contributed by atoms with Gasteiger partial charge >= 0.3 is 0 Å². The highest BCUT2D eigenvalue weighted by Gasteiger charge is 2.26. The molecule has 0 radical (unpaired) electrons. The van der Waals surface area contributed by atoms with Gasteiger partial charge in [0.05, 0.1) is 17.9 Å². The summed E-state index contributed by atoms with van der Waals surface area (Å²) < 4.78 is 32.6. The topological polar surface area (TPSA) is 104 Å². The molecule has 0 bridgehead atoms. The molecule has 7 heteroatoms. The molecule has 0 spiro atoms. The molecule has 0 aliphatic carbocycles. The second kappa shape index (κ2) is 39.0. The molecule has 0 aromatic rings. The number of rotatable bonds is 42. The van der Waals surface area contributed by atoms with Gasteiger partial charge in [0.2, 0.25) is 5.91 Å². The van der Waals surface area contributed by atoms with E-state index in [0.29, 0.717) is 12.8 Å². The zero-order valence-corrected chi connectivity index (χ0v) is 35.1. The maximum atomic E-state index is 12.6. The maximum absolute atomic E-state index is 12.6. The molecule has 306 valence electrons. The van der Waals surface area contributed by atoms with Crippen molar-refractivity contribution >= 4 is 16.0 Å². The SMILES string of the molecule is CCCCCCCCCCCCCCCCCCCCCCCCCC(=O)NC(CS(=O)(=O)O)C(O)CCCCCCCCCCCCCCC. The van der Waals surface area contributed by atoms with E-state index < -0.39 is 28.0 Å². The van der Waals surface area contributed by atoms with Crippen molar-refractivity contribution in [1.29, 1.82) is 0 Å². The third-order valence-corrected chi connectivity index (χ3v) is 11.6. The molecule has 0 heterocycles. The highest BCUT2D eigenvalue weighted by atomic mass is 32.2. The van der Waals surface area contributed by atoms with E-state index in [4.69, 9.17) is 0 Å². The van der Waals surface area contributed by atoms with Crippen LogP contribution in [0.25, 0.3) is 0 Å². The van der Waals surface area contributed by atoms with E-state index in [1.165, 1.54) is 193 Å². The van der Waals surface area contributed by atoms with E-state index >= 15 is 0 Å². The van der Waals surface area contributed by atoms with Crippen LogP contribution in [0.1, 0.15) is 258 Å². The van der Waals surface area contributed by atoms with Gasteiger partial charge in [-0.15, -0.1) is 0 Å². The number of carbonyl (C=O) groups is 1. The van der Waals surface area contributed by atoms with E-state index in [2.05, 4.69) is 19.2 Å². The van der Waals surface area contributed by atoms with Gasteiger partial charge in [0, 0.05) is 6.42 Å². The predicted molar refractivity (Wildman–Crippen MR) is 221 cm³/mol. The molecule has 3 N–H and O–H groups in total. The molecule has 1 amide bonds. The number of amides is 1. The molecule has 0 aliphatic heterocycles.